The Kier molecular flexibility index (Phi) is 3.11. The van der Waals surface area contributed by atoms with Gasteiger partial charge in [-0.3, -0.25) is 0 Å². The van der Waals surface area contributed by atoms with Crippen LogP contribution in [0.4, 0.5) is 5.82 Å². The van der Waals surface area contributed by atoms with E-state index in [-0.39, 0.29) is 5.54 Å². The van der Waals surface area contributed by atoms with Crippen LogP contribution in [0.15, 0.2) is 12.1 Å². The zero-order valence-electron chi connectivity index (χ0n) is 10.3. The number of hydrogen-bond acceptors (Lipinski definition) is 2. The fraction of sp³-hybridized carbons (Fsp3) is 0.615. The summed E-state index contributed by atoms with van der Waals surface area (Å²) in [5, 5.41) is 0. The molecule has 1 aliphatic heterocycles. The number of nitrogens with zero attached hydrogens (tertiary/aromatic N) is 2. The highest BCUT2D eigenvalue weighted by Crippen LogP contribution is 2.33. The minimum atomic E-state index is 0.227. The average molecular weight is 239 g/mol. The summed E-state index contributed by atoms with van der Waals surface area (Å²) in [6, 6.07) is 4.17. The molecular weight excluding hydrogens is 220 g/mol. The molecule has 0 radical (unpaired) electrons. The summed E-state index contributed by atoms with van der Waals surface area (Å²) >= 11 is 5.90. The summed E-state index contributed by atoms with van der Waals surface area (Å²) in [6.07, 6.45) is 2.48. The lowest BCUT2D eigenvalue weighted by Gasteiger charge is -2.33. The number of alkyl halides is 1. The smallest absolute Gasteiger partial charge is 0.129 e. The van der Waals surface area contributed by atoms with E-state index >= 15 is 0 Å². The van der Waals surface area contributed by atoms with Crippen LogP contribution in [0.1, 0.15) is 37.9 Å². The number of halogens is 1. The molecule has 88 valence electrons. The minimum Gasteiger partial charge on any atom is -0.351 e. The molecule has 2 nitrogen and oxygen atoms in total. The molecule has 0 bridgehead atoms. The molecule has 0 aromatic carbocycles. The van der Waals surface area contributed by atoms with Gasteiger partial charge in [-0.2, -0.15) is 0 Å². The summed E-state index contributed by atoms with van der Waals surface area (Å²) in [7, 11) is 0. The second-order valence-corrected chi connectivity index (χ2v) is 5.44. The van der Waals surface area contributed by atoms with Crippen LogP contribution < -0.4 is 4.90 Å². The van der Waals surface area contributed by atoms with E-state index in [1.807, 2.05) is 6.92 Å². The molecule has 0 N–H and O–H groups in total. The molecule has 1 aromatic heterocycles. The number of anilines is 1. The van der Waals surface area contributed by atoms with E-state index in [1.54, 1.807) is 0 Å². The molecule has 16 heavy (non-hydrogen) atoms. The maximum absolute atomic E-state index is 5.90. The lowest BCUT2D eigenvalue weighted by Crippen LogP contribution is -2.38. The van der Waals surface area contributed by atoms with Gasteiger partial charge in [-0.1, -0.05) is 0 Å². The third-order valence-electron chi connectivity index (χ3n) is 3.33. The number of hydrogen-bond donors (Lipinski definition) is 0. The van der Waals surface area contributed by atoms with Crippen LogP contribution in [0, 0.1) is 6.92 Å². The fourth-order valence-electron chi connectivity index (χ4n) is 2.47. The molecule has 2 heterocycles. The maximum Gasteiger partial charge on any atom is 0.129 e. The Morgan fingerprint density at radius 2 is 2.19 bits per heavy atom. The van der Waals surface area contributed by atoms with Gasteiger partial charge in [-0.15, -0.1) is 11.6 Å². The second-order valence-electron chi connectivity index (χ2n) is 5.18. The molecule has 0 amide bonds. The Morgan fingerprint density at radius 1 is 1.44 bits per heavy atom. The van der Waals surface area contributed by atoms with Crippen molar-refractivity contribution in [2.45, 2.75) is 45.0 Å². The normalized spacial score (nSPS) is 19.1. The van der Waals surface area contributed by atoms with E-state index in [2.05, 4.69) is 35.9 Å². The predicted molar refractivity (Wildman–Crippen MR) is 69.2 cm³/mol. The Morgan fingerprint density at radius 3 is 2.75 bits per heavy atom. The summed E-state index contributed by atoms with van der Waals surface area (Å²) in [5.41, 5.74) is 2.44. The van der Waals surface area contributed by atoms with Crippen LogP contribution in [0.2, 0.25) is 0 Å². The van der Waals surface area contributed by atoms with Crippen molar-refractivity contribution in [2.24, 2.45) is 0 Å². The lowest BCUT2D eigenvalue weighted by molar-refractivity contribution is 0.514. The third kappa shape index (κ3) is 2.17. The van der Waals surface area contributed by atoms with E-state index in [4.69, 9.17) is 11.6 Å². The topological polar surface area (TPSA) is 16.1 Å². The molecule has 0 saturated carbocycles. The van der Waals surface area contributed by atoms with Gasteiger partial charge in [0.1, 0.15) is 5.82 Å². The van der Waals surface area contributed by atoms with Crippen LogP contribution in [0.25, 0.3) is 0 Å². The van der Waals surface area contributed by atoms with E-state index in [1.165, 1.54) is 12.8 Å². The van der Waals surface area contributed by atoms with Crippen molar-refractivity contribution in [3.63, 3.8) is 0 Å². The van der Waals surface area contributed by atoms with Gasteiger partial charge in [-0.05, 0) is 51.3 Å². The van der Waals surface area contributed by atoms with Gasteiger partial charge in [0.25, 0.3) is 0 Å². The van der Waals surface area contributed by atoms with Crippen molar-refractivity contribution in [3.05, 3.63) is 23.4 Å². The highest BCUT2D eigenvalue weighted by atomic mass is 35.5. The molecule has 1 fully saturated rings. The van der Waals surface area contributed by atoms with Crippen LogP contribution >= 0.6 is 11.6 Å². The first-order valence-electron chi connectivity index (χ1n) is 5.84. The molecule has 0 spiro atoms. The largest absolute Gasteiger partial charge is 0.351 e. The SMILES string of the molecule is Cc1cc(CCl)cc(N2CCCC2(C)C)n1. The van der Waals surface area contributed by atoms with Crippen molar-refractivity contribution in [1.29, 1.82) is 0 Å². The van der Waals surface area contributed by atoms with Gasteiger partial charge < -0.3 is 4.90 Å². The molecule has 1 aliphatic rings. The Hall–Kier alpha value is -0.760. The average Bonchev–Trinajstić information content (AvgIpc) is 2.57. The van der Waals surface area contributed by atoms with Crippen LogP contribution in [0.3, 0.4) is 0 Å². The van der Waals surface area contributed by atoms with Gasteiger partial charge in [0, 0.05) is 23.7 Å². The molecular formula is C13H19ClN2. The summed E-state index contributed by atoms with van der Waals surface area (Å²) in [5.74, 6) is 1.64. The molecule has 2 rings (SSSR count). The first-order valence-corrected chi connectivity index (χ1v) is 6.37. The maximum atomic E-state index is 5.90. The highest BCUT2D eigenvalue weighted by molar-refractivity contribution is 6.17. The van der Waals surface area contributed by atoms with Crippen LogP contribution in [-0.2, 0) is 5.88 Å². The number of aromatic nitrogens is 1. The first kappa shape index (κ1) is 11.7. The lowest BCUT2D eigenvalue weighted by atomic mass is 10.0. The third-order valence-corrected chi connectivity index (χ3v) is 3.64. The zero-order valence-corrected chi connectivity index (χ0v) is 11.0. The van der Waals surface area contributed by atoms with Gasteiger partial charge in [0.2, 0.25) is 0 Å². The molecule has 1 saturated heterocycles. The zero-order chi connectivity index (χ0) is 11.8. The molecule has 3 heteroatoms. The highest BCUT2D eigenvalue weighted by Gasteiger charge is 2.32. The summed E-state index contributed by atoms with van der Waals surface area (Å²) < 4.78 is 0. The van der Waals surface area contributed by atoms with Crippen molar-refractivity contribution in [2.75, 3.05) is 11.4 Å². The molecule has 0 unspecified atom stereocenters. The van der Waals surface area contributed by atoms with E-state index < -0.39 is 0 Å². The van der Waals surface area contributed by atoms with Gasteiger partial charge in [0.15, 0.2) is 0 Å². The number of aryl methyl sites for hydroxylation is 1. The fourth-order valence-corrected chi connectivity index (χ4v) is 2.62. The minimum absolute atomic E-state index is 0.227. The predicted octanol–water partition coefficient (Wildman–Crippen LogP) is 3.51. The van der Waals surface area contributed by atoms with Crippen molar-refractivity contribution in [3.8, 4) is 0 Å². The number of rotatable bonds is 2. The van der Waals surface area contributed by atoms with Gasteiger partial charge in [0.05, 0.1) is 0 Å². The molecule has 0 atom stereocenters. The van der Waals surface area contributed by atoms with Crippen molar-refractivity contribution < 1.29 is 0 Å². The monoisotopic (exact) mass is 238 g/mol. The van der Waals surface area contributed by atoms with Crippen LogP contribution in [-0.4, -0.2) is 17.1 Å². The quantitative estimate of drug-likeness (QED) is 0.733. The number of pyridine rings is 1. The van der Waals surface area contributed by atoms with E-state index in [0.717, 1.165) is 23.6 Å². The van der Waals surface area contributed by atoms with Gasteiger partial charge in [-0.25, -0.2) is 4.98 Å². The summed E-state index contributed by atoms with van der Waals surface area (Å²) in [6.45, 7) is 7.70. The molecule has 0 aliphatic carbocycles. The van der Waals surface area contributed by atoms with Crippen LogP contribution in [0.5, 0.6) is 0 Å². The summed E-state index contributed by atoms with van der Waals surface area (Å²) in [4.78, 5) is 7.03. The Bertz CT molecular complexity index is 388. The Balaban J connectivity index is 2.36. The first-order chi connectivity index (χ1) is 7.53. The standard InChI is InChI=1S/C13H19ClN2/c1-10-7-11(9-14)8-12(15-10)16-6-4-5-13(16,2)3/h7-8H,4-6,9H2,1-3H3. The van der Waals surface area contributed by atoms with Crippen molar-refractivity contribution in [1.82, 2.24) is 4.98 Å². The van der Waals surface area contributed by atoms with E-state index in [0.29, 0.717) is 5.88 Å². The Labute approximate surface area is 103 Å². The van der Waals surface area contributed by atoms with E-state index in [9.17, 15) is 0 Å². The molecule has 1 aromatic rings. The van der Waals surface area contributed by atoms with Crippen molar-refractivity contribution >= 4 is 17.4 Å². The second kappa shape index (κ2) is 4.25. The van der Waals surface area contributed by atoms with Gasteiger partial charge >= 0.3 is 0 Å².